The van der Waals surface area contributed by atoms with Crippen molar-refractivity contribution in [3.8, 4) is 33.2 Å². The highest BCUT2D eigenvalue weighted by Gasteiger charge is 2.22. The normalized spacial score (nSPS) is 14.1. The molecule has 0 saturated carbocycles. The molecule has 1 aliphatic heterocycles. The Bertz CT molecular complexity index is 1870. The third-order valence-electron chi connectivity index (χ3n) is 7.05. The van der Waals surface area contributed by atoms with Crippen LogP contribution in [0.3, 0.4) is 0 Å². The Labute approximate surface area is 226 Å². The summed E-state index contributed by atoms with van der Waals surface area (Å²) >= 11 is 1.37. The average Bonchev–Trinajstić information content (AvgIpc) is 3.74. The third kappa shape index (κ3) is 4.19. The number of rotatable bonds is 6. The molecule has 0 unspecified atom stereocenters. The molecule has 0 radical (unpaired) electrons. The van der Waals surface area contributed by atoms with Gasteiger partial charge in [-0.3, -0.25) is 24.8 Å². The molecule has 1 saturated heterocycles. The number of ketones is 1. The lowest BCUT2D eigenvalue weighted by Crippen LogP contribution is -2.18. The lowest BCUT2D eigenvalue weighted by Gasteiger charge is -2.15. The molecule has 0 aromatic carbocycles. The summed E-state index contributed by atoms with van der Waals surface area (Å²) in [6.07, 6.45) is 9.09. The first-order valence-electron chi connectivity index (χ1n) is 12.7. The van der Waals surface area contributed by atoms with Crippen LogP contribution >= 0.6 is 11.3 Å². The SMILES string of the molecule is CC(=O)c1ccc(-c2nccc3[nH]c(-c4[nH]nc5ncc(-c6cncc(CN7CCCC7)c6)c(F)c45)nc23)s1. The van der Waals surface area contributed by atoms with E-state index in [1.165, 1.54) is 37.3 Å². The Hall–Kier alpha value is -4.35. The molecular weight excluding hydrogens is 515 g/mol. The van der Waals surface area contributed by atoms with E-state index >= 15 is 4.39 Å². The summed E-state index contributed by atoms with van der Waals surface area (Å²) in [5.41, 5.74) is 4.73. The van der Waals surface area contributed by atoms with Gasteiger partial charge in [-0.1, -0.05) is 0 Å². The molecule has 194 valence electrons. The van der Waals surface area contributed by atoms with Crippen LogP contribution in [0.2, 0.25) is 0 Å². The minimum absolute atomic E-state index is 0.000586. The minimum atomic E-state index is -0.438. The fourth-order valence-electron chi connectivity index (χ4n) is 5.13. The van der Waals surface area contributed by atoms with Crippen LogP contribution < -0.4 is 0 Å². The van der Waals surface area contributed by atoms with Crippen LogP contribution in [0.25, 0.3) is 55.3 Å². The van der Waals surface area contributed by atoms with Crippen LogP contribution in [-0.4, -0.2) is 58.9 Å². The van der Waals surface area contributed by atoms with Gasteiger partial charge in [-0.2, -0.15) is 5.10 Å². The number of thiophene rings is 1. The number of nitrogens with one attached hydrogen (secondary N) is 2. The fourth-order valence-corrected chi connectivity index (χ4v) is 6.03. The van der Waals surface area contributed by atoms with Gasteiger partial charge in [0.15, 0.2) is 17.3 Å². The van der Waals surface area contributed by atoms with Gasteiger partial charge in [0.05, 0.1) is 20.7 Å². The van der Waals surface area contributed by atoms with Gasteiger partial charge in [0, 0.05) is 42.5 Å². The Morgan fingerprint density at radius 1 is 1.13 bits per heavy atom. The number of carbonyl (C=O) groups is 1. The minimum Gasteiger partial charge on any atom is -0.337 e. The van der Waals surface area contributed by atoms with Crippen LogP contribution in [0.4, 0.5) is 4.39 Å². The van der Waals surface area contributed by atoms with Crippen LogP contribution in [0, 0.1) is 5.82 Å². The first-order chi connectivity index (χ1) is 19.0. The van der Waals surface area contributed by atoms with Crippen molar-refractivity contribution in [3.05, 3.63) is 65.3 Å². The van der Waals surface area contributed by atoms with Crippen LogP contribution in [-0.2, 0) is 6.54 Å². The molecule has 6 aromatic rings. The number of nitrogens with zero attached hydrogens (tertiary/aromatic N) is 6. The number of carbonyl (C=O) groups excluding carboxylic acids is 1. The highest BCUT2D eigenvalue weighted by molar-refractivity contribution is 7.17. The molecule has 1 fully saturated rings. The summed E-state index contributed by atoms with van der Waals surface area (Å²) in [6.45, 7) is 4.48. The lowest BCUT2D eigenvalue weighted by molar-refractivity contribution is 0.102. The van der Waals surface area contributed by atoms with Crippen LogP contribution in [0.1, 0.15) is 35.0 Å². The highest BCUT2D eigenvalue weighted by Crippen LogP contribution is 2.35. The van der Waals surface area contributed by atoms with Gasteiger partial charge in [0.25, 0.3) is 0 Å². The number of aromatic amines is 2. The van der Waals surface area contributed by atoms with E-state index in [0.717, 1.165) is 35.6 Å². The molecule has 7 rings (SSSR count). The monoisotopic (exact) mass is 538 g/mol. The molecule has 9 nitrogen and oxygen atoms in total. The molecule has 0 amide bonds. The molecule has 0 bridgehead atoms. The number of likely N-dealkylation sites (tertiary alicyclic amines) is 1. The molecule has 6 aromatic heterocycles. The second-order valence-electron chi connectivity index (χ2n) is 9.71. The largest absolute Gasteiger partial charge is 0.337 e. The number of hydrogen-bond acceptors (Lipinski definition) is 8. The Morgan fingerprint density at radius 3 is 2.82 bits per heavy atom. The van der Waals surface area contributed by atoms with E-state index in [9.17, 15) is 4.79 Å². The third-order valence-corrected chi connectivity index (χ3v) is 8.25. The van der Waals surface area contributed by atoms with E-state index in [1.54, 1.807) is 18.5 Å². The molecule has 11 heteroatoms. The summed E-state index contributed by atoms with van der Waals surface area (Å²) in [6, 6.07) is 7.44. The molecule has 7 heterocycles. The van der Waals surface area contributed by atoms with E-state index in [1.807, 2.05) is 24.4 Å². The van der Waals surface area contributed by atoms with E-state index in [2.05, 4.69) is 35.0 Å². The van der Waals surface area contributed by atoms with Crippen molar-refractivity contribution in [1.82, 2.24) is 40.0 Å². The van der Waals surface area contributed by atoms with Crippen molar-refractivity contribution in [1.29, 1.82) is 0 Å². The van der Waals surface area contributed by atoms with Gasteiger partial charge < -0.3 is 4.98 Å². The van der Waals surface area contributed by atoms with Gasteiger partial charge in [-0.15, -0.1) is 11.3 Å². The van der Waals surface area contributed by atoms with Crippen molar-refractivity contribution in [2.24, 2.45) is 0 Å². The topological polar surface area (TPSA) is 116 Å². The quantitative estimate of drug-likeness (QED) is 0.264. The number of hydrogen-bond donors (Lipinski definition) is 2. The average molecular weight is 539 g/mol. The summed E-state index contributed by atoms with van der Waals surface area (Å²) < 4.78 is 16.1. The maximum atomic E-state index is 16.1. The second kappa shape index (κ2) is 9.44. The van der Waals surface area contributed by atoms with E-state index < -0.39 is 5.82 Å². The summed E-state index contributed by atoms with van der Waals surface area (Å²) in [5.74, 6) is -0.0171. The van der Waals surface area contributed by atoms with Crippen molar-refractivity contribution in [3.63, 3.8) is 0 Å². The lowest BCUT2D eigenvalue weighted by atomic mass is 10.0. The highest BCUT2D eigenvalue weighted by atomic mass is 32.1. The number of imidazole rings is 1. The standard InChI is InChI=1S/C28H23FN8OS/c1-15(38)20-4-5-21(39-20)25-24-19(6-7-31-25)33-28(34-24)26-22-23(29)18(13-32-27(22)36-35-26)17-10-16(11-30-12-17)14-37-8-2-3-9-37/h4-7,10-13H,2-3,8-9,14H2,1H3,(H,33,34)(H,32,35,36). The van der Waals surface area contributed by atoms with Gasteiger partial charge in [-0.25, -0.2) is 14.4 Å². The zero-order valence-corrected chi connectivity index (χ0v) is 21.8. The molecule has 1 aliphatic rings. The second-order valence-corrected chi connectivity index (χ2v) is 10.8. The summed E-state index contributed by atoms with van der Waals surface area (Å²) in [5, 5.41) is 7.41. The Morgan fingerprint density at radius 2 is 2.00 bits per heavy atom. The predicted octanol–water partition coefficient (Wildman–Crippen LogP) is 5.62. The molecule has 0 atom stereocenters. The van der Waals surface area contributed by atoms with Gasteiger partial charge in [0.1, 0.15) is 22.7 Å². The van der Waals surface area contributed by atoms with Crippen molar-refractivity contribution >= 4 is 39.2 Å². The molecule has 0 aliphatic carbocycles. The maximum Gasteiger partial charge on any atom is 0.184 e. The number of aromatic nitrogens is 7. The van der Waals surface area contributed by atoms with E-state index in [0.29, 0.717) is 38.7 Å². The van der Waals surface area contributed by atoms with Crippen molar-refractivity contribution in [2.45, 2.75) is 26.3 Å². The number of fused-ring (bicyclic) bond motifs is 2. The number of H-pyrrole nitrogens is 2. The number of pyridine rings is 3. The first kappa shape index (κ1) is 23.7. The van der Waals surface area contributed by atoms with Crippen molar-refractivity contribution in [2.75, 3.05) is 13.1 Å². The molecular formula is C28H23FN8OS. The predicted molar refractivity (Wildman–Crippen MR) is 148 cm³/mol. The maximum absolute atomic E-state index is 16.1. The fraction of sp³-hybridized carbons (Fsp3) is 0.214. The first-order valence-corrected chi connectivity index (χ1v) is 13.5. The molecule has 2 N–H and O–H groups in total. The van der Waals surface area contributed by atoms with Crippen LogP contribution in [0.5, 0.6) is 0 Å². The zero-order valence-electron chi connectivity index (χ0n) is 21.0. The van der Waals surface area contributed by atoms with Gasteiger partial charge in [0.2, 0.25) is 0 Å². The van der Waals surface area contributed by atoms with E-state index in [4.69, 9.17) is 4.98 Å². The Balaban J connectivity index is 1.30. The van der Waals surface area contributed by atoms with E-state index in [-0.39, 0.29) is 16.8 Å². The summed E-state index contributed by atoms with van der Waals surface area (Å²) in [7, 11) is 0. The van der Waals surface area contributed by atoms with Crippen molar-refractivity contribution < 1.29 is 9.18 Å². The van der Waals surface area contributed by atoms with Gasteiger partial charge in [-0.05, 0) is 62.7 Å². The molecule has 39 heavy (non-hydrogen) atoms. The summed E-state index contributed by atoms with van der Waals surface area (Å²) in [4.78, 5) is 37.0. The number of Topliss-reactive ketones (excluding diaryl/α,β-unsaturated/α-hetero) is 1. The molecule has 0 spiro atoms. The number of halogens is 1. The Kier molecular flexibility index (Phi) is 5.75. The zero-order chi connectivity index (χ0) is 26.5. The smallest absolute Gasteiger partial charge is 0.184 e. The van der Waals surface area contributed by atoms with Gasteiger partial charge >= 0.3 is 0 Å². The van der Waals surface area contributed by atoms with Crippen LogP contribution in [0.15, 0.2) is 49.1 Å².